The number of piperidine rings is 1. The van der Waals surface area contributed by atoms with E-state index in [1.165, 1.54) is 0 Å². The first-order chi connectivity index (χ1) is 14.5. The van der Waals surface area contributed by atoms with Gasteiger partial charge in [0.1, 0.15) is 0 Å². The van der Waals surface area contributed by atoms with Crippen LogP contribution >= 0.6 is 0 Å². The fourth-order valence-electron chi connectivity index (χ4n) is 3.25. The maximum absolute atomic E-state index is 12.4. The van der Waals surface area contributed by atoms with Crippen LogP contribution in [0.4, 0.5) is 11.6 Å². The van der Waals surface area contributed by atoms with Crippen molar-refractivity contribution >= 4 is 23.5 Å². The highest BCUT2D eigenvalue weighted by atomic mass is 16.5. The normalized spacial score (nSPS) is 14.3. The van der Waals surface area contributed by atoms with Gasteiger partial charge in [0.15, 0.2) is 6.61 Å². The van der Waals surface area contributed by atoms with Crippen LogP contribution in [-0.4, -0.2) is 48.1 Å². The number of nitrogens with one attached hydrogen (secondary N) is 1. The molecule has 160 valence electrons. The van der Waals surface area contributed by atoms with Crippen molar-refractivity contribution in [2.75, 3.05) is 36.5 Å². The van der Waals surface area contributed by atoms with Crippen LogP contribution in [0.3, 0.4) is 0 Å². The molecular formula is C22H28N4O4. The highest BCUT2D eigenvalue weighted by molar-refractivity contribution is 6.01. The standard InChI is InChI=1S/C22H28N4O4/c1-4-29-21(28)17-7-5-6-8-18(17)24-19(27)14-30-20-13-16(3)23-22(25-20)26-11-9-15(2)10-12-26/h5-8,13,15H,4,9-12,14H2,1-3H3,(H,24,27). The molecule has 1 fully saturated rings. The molecule has 1 aromatic carbocycles. The van der Waals surface area contributed by atoms with Gasteiger partial charge in [-0.1, -0.05) is 19.1 Å². The molecule has 0 saturated carbocycles. The molecule has 0 radical (unpaired) electrons. The molecule has 8 nitrogen and oxygen atoms in total. The van der Waals surface area contributed by atoms with E-state index in [2.05, 4.69) is 27.1 Å². The largest absolute Gasteiger partial charge is 0.467 e. The van der Waals surface area contributed by atoms with E-state index in [0.717, 1.165) is 31.6 Å². The zero-order chi connectivity index (χ0) is 21.5. The van der Waals surface area contributed by atoms with Crippen molar-refractivity contribution in [3.8, 4) is 5.88 Å². The highest BCUT2D eigenvalue weighted by Crippen LogP contribution is 2.22. The topological polar surface area (TPSA) is 93.6 Å². The second kappa shape index (κ2) is 10.0. The third kappa shape index (κ3) is 5.68. The van der Waals surface area contributed by atoms with Crippen LogP contribution in [0.5, 0.6) is 5.88 Å². The fourth-order valence-corrected chi connectivity index (χ4v) is 3.25. The molecule has 0 bridgehead atoms. The van der Waals surface area contributed by atoms with Gasteiger partial charge in [0.2, 0.25) is 11.8 Å². The number of esters is 1. The number of carbonyl (C=O) groups excluding carboxylic acids is 2. The number of para-hydroxylation sites is 1. The minimum atomic E-state index is -0.485. The number of rotatable bonds is 7. The summed E-state index contributed by atoms with van der Waals surface area (Å²) >= 11 is 0. The smallest absolute Gasteiger partial charge is 0.340 e. The van der Waals surface area contributed by atoms with Gasteiger partial charge < -0.3 is 19.7 Å². The molecule has 30 heavy (non-hydrogen) atoms. The molecule has 2 heterocycles. The molecule has 1 aliphatic rings. The molecule has 1 aliphatic heterocycles. The first-order valence-corrected chi connectivity index (χ1v) is 10.3. The first kappa shape index (κ1) is 21.5. The Hall–Kier alpha value is -3.16. The van der Waals surface area contributed by atoms with Crippen molar-refractivity contribution in [2.24, 2.45) is 5.92 Å². The van der Waals surface area contributed by atoms with Gasteiger partial charge in [0, 0.05) is 24.8 Å². The summed E-state index contributed by atoms with van der Waals surface area (Å²) in [5, 5.41) is 2.70. The van der Waals surface area contributed by atoms with Crippen LogP contribution in [0.1, 0.15) is 42.7 Å². The molecule has 1 amide bonds. The highest BCUT2D eigenvalue weighted by Gasteiger charge is 2.19. The Morgan fingerprint density at radius 2 is 1.93 bits per heavy atom. The van der Waals surface area contributed by atoms with Gasteiger partial charge in [-0.15, -0.1) is 0 Å². The van der Waals surface area contributed by atoms with E-state index in [1.807, 2.05) is 6.92 Å². The van der Waals surface area contributed by atoms with Crippen molar-refractivity contribution in [1.82, 2.24) is 9.97 Å². The van der Waals surface area contributed by atoms with E-state index in [1.54, 1.807) is 37.3 Å². The van der Waals surface area contributed by atoms with Crippen LogP contribution in [0.15, 0.2) is 30.3 Å². The Morgan fingerprint density at radius 3 is 2.67 bits per heavy atom. The molecule has 1 aromatic heterocycles. The van der Waals surface area contributed by atoms with Crippen molar-refractivity contribution in [1.29, 1.82) is 0 Å². The number of amides is 1. The predicted molar refractivity (Wildman–Crippen MR) is 114 cm³/mol. The third-order valence-corrected chi connectivity index (χ3v) is 4.93. The number of ether oxygens (including phenoxy) is 2. The molecular weight excluding hydrogens is 384 g/mol. The third-order valence-electron chi connectivity index (χ3n) is 4.93. The molecule has 0 spiro atoms. The molecule has 8 heteroatoms. The van der Waals surface area contributed by atoms with Crippen molar-refractivity contribution < 1.29 is 19.1 Å². The van der Waals surface area contributed by atoms with Gasteiger partial charge in [-0.2, -0.15) is 4.98 Å². The minimum absolute atomic E-state index is 0.232. The van der Waals surface area contributed by atoms with Crippen LogP contribution in [0.25, 0.3) is 0 Å². The SMILES string of the molecule is CCOC(=O)c1ccccc1NC(=O)COc1cc(C)nc(N2CCC(C)CC2)n1. The summed E-state index contributed by atoms with van der Waals surface area (Å²) < 4.78 is 10.6. The Bertz CT molecular complexity index is 894. The van der Waals surface area contributed by atoms with Crippen LogP contribution in [0, 0.1) is 12.8 Å². The number of nitrogens with zero attached hydrogens (tertiary/aromatic N) is 3. The summed E-state index contributed by atoms with van der Waals surface area (Å²) in [5.41, 5.74) is 1.46. The summed E-state index contributed by atoms with van der Waals surface area (Å²) in [7, 11) is 0. The molecule has 0 unspecified atom stereocenters. The molecule has 1 N–H and O–H groups in total. The molecule has 2 aromatic rings. The van der Waals surface area contributed by atoms with E-state index >= 15 is 0 Å². The number of anilines is 2. The molecule has 0 aliphatic carbocycles. The fraction of sp³-hybridized carbons (Fsp3) is 0.455. The number of carbonyl (C=O) groups is 2. The monoisotopic (exact) mass is 412 g/mol. The Labute approximate surface area is 176 Å². The van der Waals surface area contributed by atoms with E-state index in [9.17, 15) is 9.59 Å². The molecule has 3 rings (SSSR count). The van der Waals surface area contributed by atoms with Crippen LogP contribution < -0.4 is 15.0 Å². The average Bonchev–Trinajstić information content (AvgIpc) is 2.73. The maximum atomic E-state index is 12.4. The van der Waals surface area contributed by atoms with Gasteiger partial charge >= 0.3 is 5.97 Å². The number of hydrogen-bond donors (Lipinski definition) is 1. The van der Waals surface area contributed by atoms with Gasteiger partial charge in [-0.25, -0.2) is 9.78 Å². The quantitative estimate of drug-likeness (QED) is 0.698. The van der Waals surface area contributed by atoms with Gasteiger partial charge in [-0.05, 0) is 44.7 Å². The van der Waals surface area contributed by atoms with Gasteiger partial charge in [-0.3, -0.25) is 4.79 Å². The summed E-state index contributed by atoms with van der Waals surface area (Å²) in [6, 6.07) is 8.40. The number of hydrogen-bond acceptors (Lipinski definition) is 7. The summed E-state index contributed by atoms with van der Waals surface area (Å²) in [6.07, 6.45) is 2.21. The zero-order valence-corrected chi connectivity index (χ0v) is 17.7. The lowest BCUT2D eigenvalue weighted by Gasteiger charge is -2.30. The number of aromatic nitrogens is 2. The lowest BCUT2D eigenvalue weighted by molar-refractivity contribution is -0.118. The number of aryl methyl sites for hydroxylation is 1. The van der Waals surface area contributed by atoms with Crippen LogP contribution in [0.2, 0.25) is 0 Å². The van der Waals surface area contributed by atoms with Gasteiger partial charge in [0.05, 0.1) is 17.9 Å². The lowest BCUT2D eigenvalue weighted by atomic mass is 10.00. The van der Waals surface area contributed by atoms with E-state index in [4.69, 9.17) is 9.47 Å². The van der Waals surface area contributed by atoms with Crippen molar-refractivity contribution in [3.05, 3.63) is 41.6 Å². The Balaban J connectivity index is 1.62. The zero-order valence-electron chi connectivity index (χ0n) is 17.7. The first-order valence-electron chi connectivity index (χ1n) is 10.3. The summed E-state index contributed by atoms with van der Waals surface area (Å²) in [4.78, 5) is 35.6. The minimum Gasteiger partial charge on any atom is -0.467 e. The molecule has 1 saturated heterocycles. The summed E-state index contributed by atoms with van der Waals surface area (Å²) in [6.45, 7) is 7.71. The molecule has 0 atom stereocenters. The lowest BCUT2D eigenvalue weighted by Crippen LogP contribution is -2.34. The summed E-state index contributed by atoms with van der Waals surface area (Å²) in [5.74, 6) is 0.815. The van der Waals surface area contributed by atoms with E-state index in [-0.39, 0.29) is 13.2 Å². The average molecular weight is 412 g/mol. The Kier molecular flexibility index (Phi) is 7.21. The second-order valence-corrected chi connectivity index (χ2v) is 7.42. The van der Waals surface area contributed by atoms with Gasteiger partial charge in [0.25, 0.3) is 5.91 Å². The van der Waals surface area contributed by atoms with Crippen LogP contribution in [-0.2, 0) is 9.53 Å². The second-order valence-electron chi connectivity index (χ2n) is 7.42. The maximum Gasteiger partial charge on any atom is 0.340 e. The Morgan fingerprint density at radius 1 is 1.20 bits per heavy atom. The van der Waals surface area contributed by atoms with E-state index in [0.29, 0.717) is 29.0 Å². The van der Waals surface area contributed by atoms with Crippen molar-refractivity contribution in [2.45, 2.75) is 33.6 Å². The predicted octanol–water partition coefficient (Wildman–Crippen LogP) is 3.22. The number of benzene rings is 1. The van der Waals surface area contributed by atoms with E-state index < -0.39 is 11.9 Å². The van der Waals surface area contributed by atoms with Crippen molar-refractivity contribution in [3.63, 3.8) is 0 Å².